The summed E-state index contributed by atoms with van der Waals surface area (Å²) in [5.74, 6) is 0.992. The van der Waals surface area contributed by atoms with Gasteiger partial charge in [-0.25, -0.2) is 0 Å². The normalized spacial score (nSPS) is 16.5. The van der Waals surface area contributed by atoms with Gasteiger partial charge in [0.2, 0.25) is 0 Å². The summed E-state index contributed by atoms with van der Waals surface area (Å²) in [5.41, 5.74) is 2.87. The zero-order chi connectivity index (χ0) is 13.5. The van der Waals surface area contributed by atoms with Crippen LogP contribution in [-0.4, -0.2) is 18.9 Å². The molecule has 1 aromatic rings. The van der Waals surface area contributed by atoms with E-state index in [2.05, 4.69) is 29.6 Å². The maximum atomic E-state index is 10.8. The van der Waals surface area contributed by atoms with Gasteiger partial charge in [-0.15, -0.1) is 0 Å². The fourth-order valence-corrected chi connectivity index (χ4v) is 2.89. The fraction of sp³-hybridized carbons (Fsp3) is 0.588. The average Bonchev–Trinajstić information content (AvgIpc) is 2.45. The lowest BCUT2D eigenvalue weighted by Crippen LogP contribution is -2.23. The minimum atomic E-state index is 0.202. The first-order chi connectivity index (χ1) is 9.25. The molecule has 0 unspecified atom stereocenters. The minimum absolute atomic E-state index is 0.202. The number of ketones is 1. The predicted octanol–water partition coefficient (Wildman–Crippen LogP) is 3.46. The van der Waals surface area contributed by atoms with Crippen molar-refractivity contribution < 1.29 is 4.79 Å². The van der Waals surface area contributed by atoms with Gasteiger partial charge in [0.1, 0.15) is 5.78 Å². The van der Waals surface area contributed by atoms with Crippen LogP contribution < -0.4 is 5.32 Å². The van der Waals surface area contributed by atoms with Crippen molar-refractivity contribution in [3.8, 4) is 0 Å². The molecule has 1 N–H and O–H groups in total. The first-order valence-electron chi connectivity index (χ1n) is 7.54. The zero-order valence-corrected chi connectivity index (χ0v) is 12.0. The van der Waals surface area contributed by atoms with E-state index < -0.39 is 0 Å². The van der Waals surface area contributed by atoms with Crippen molar-refractivity contribution in [1.29, 1.82) is 0 Å². The Bertz CT molecular complexity index is 390. The molecular formula is C17H25NO. The number of carbonyl (C=O) groups excluding carboxylic acids is 1. The smallest absolute Gasteiger partial charge is 0.143 e. The van der Waals surface area contributed by atoms with Crippen LogP contribution in [-0.2, 0) is 11.2 Å². The number of hydrogen-bond donors (Lipinski definition) is 1. The van der Waals surface area contributed by atoms with Crippen molar-refractivity contribution in [2.75, 3.05) is 13.1 Å². The highest BCUT2D eigenvalue weighted by molar-refractivity contribution is 5.77. The molecule has 1 aliphatic rings. The average molecular weight is 259 g/mol. The van der Waals surface area contributed by atoms with E-state index in [4.69, 9.17) is 0 Å². The van der Waals surface area contributed by atoms with Crippen molar-refractivity contribution >= 4 is 5.78 Å². The van der Waals surface area contributed by atoms with Crippen LogP contribution in [0.2, 0.25) is 0 Å². The molecule has 1 aromatic carbocycles. The Morgan fingerprint density at radius 3 is 2.47 bits per heavy atom. The molecular weight excluding hydrogens is 234 g/mol. The molecule has 0 saturated heterocycles. The lowest BCUT2D eigenvalue weighted by Gasteiger charge is -2.22. The molecule has 1 saturated carbocycles. The van der Waals surface area contributed by atoms with Crippen LogP contribution in [0, 0.1) is 0 Å². The van der Waals surface area contributed by atoms with Gasteiger partial charge in [0, 0.05) is 0 Å². The molecule has 1 fully saturated rings. The molecule has 104 valence electrons. The van der Waals surface area contributed by atoms with Crippen LogP contribution in [0.25, 0.3) is 0 Å². The number of benzene rings is 1. The third-order valence-electron chi connectivity index (χ3n) is 4.02. The van der Waals surface area contributed by atoms with Gasteiger partial charge < -0.3 is 5.32 Å². The summed E-state index contributed by atoms with van der Waals surface area (Å²) in [5, 5.41) is 3.16. The number of carbonyl (C=O) groups is 1. The molecule has 19 heavy (non-hydrogen) atoms. The van der Waals surface area contributed by atoms with E-state index in [1.54, 1.807) is 6.92 Å². The predicted molar refractivity (Wildman–Crippen MR) is 79.5 cm³/mol. The maximum Gasteiger partial charge on any atom is 0.143 e. The van der Waals surface area contributed by atoms with E-state index in [0.29, 0.717) is 6.54 Å². The van der Waals surface area contributed by atoms with Crippen molar-refractivity contribution in [3.63, 3.8) is 0 Å². The van der Waals surface area contributed by atoms with Crippen LogP contribution in [0.1, 0.15) is 56.1 Å². The Kier molecular flexibility index (Phi) is 5.59. The highest BCUT2D eigenvalue weighted by Crippen LogP contribution is 2.32. The second-order valence-corrected chi connectivity index (χ2v) is 5.71. The Hall–Kier alpha value is -1.15. The van der Waals surface area contributed by atoms with E-state index in [-0.39, 0.29) is 5.78 Å². The van der Waals surface area contributed by atoms with Gasteiger partial charge in [0.15, 0.2) is 0 Å². The Balaban J connectivity index is 1.79. The van der Waals surface area contributed by atoms with Gasteiger partial charge in [-0.2, -0.15) is 0 Å². The van der Waals surface area contributed by atoms with Crippen molar-refractivity contribution in [1.82, 2.24) is 5.32 Å². The van der Waals surface area contributed by atoms with Crippen LogP contribution in [0.15, 0.2) is 24.3 Å². The number of nitrogens with one attached hydrogen (secondary N) is 1. The Labute approximate surface area is 116 Å². The van der Waals surface area contributed by atoms with Gasteiger partial charge in [-0.3, -0.25) is 4.79 Å². The molecule has 0 radical (unpaired) electrons. The van der Waals surface area contributed by atoms with Gasteiger partial charge in [0.05, 0.1) is 6.54 Å². The van der Waals surface area contributed by atoms with E-state index in [0.717, 1.165) is 18.9 Å². The third-order valence-corrected chi connectivity index (χ3v) is 4.02. The summed E-state index contributed by atoms with van der Waals surface area (Å²) >= 11 is 0. The molecule has 2 rings (SSSR count). The molecule has 1 aliphatic carbocycles. The highest BCUT2D eigenvalue weighted by atomic mass is 16.1. The maximum absolute atomic E-state index is 10.8. The molecule has 0 aliphatic heterocycles. The standard InChI is InChI=1S/C17H25NO/c1-14(19)13-18-12-11-15-7-9-17(10-8-15)16-5-3-2-4-6-16/h7-10,16,18H,2-6,11-13H2,1H3. The molecule has 0 aromatic heterocycles. The first kappa shape index (κ1) is 14.3. The zero-order valence-electron chi connectivity index (χ0n) is 12.0. The summed E-state index contributed by atoms with van der Waals surface area (Å²) in [7, 11) is 0. The number of rotatable bonds is 6. The van der Waals surface area contributed by atoms with E-state index in [1.165, 1.54) is 43.2 Å². The molecule has 0 atom stereocenters. The molecule has 0 spiro atoms. The largest absolute Gasteiger partial charge is 0.310 e. The first-order valence-corrected chi connectivity index (χ1v) is 7.54. The van der Waals surface area contributed by atoms with E-state index in [1.807, 2.05) is 0 Å². The van der Waals surface area contributed by atoms with E-state index in [9.17, 15) is 4.79 Å². The van der Waals surface area contributed by atoms with Crippen LogP contribution in [0.4, 0.5) is 0 Å². The fourth-order valence-electron chi connectivity index (χ4n) is 2.89. The number of Topliss-reactive ketones (excluding diaryl/α,β-unsaturated/α-hetero) is 1. The van der Waals surface area contributed by atoms with Gasteiger partial charge in [0.25, 0.3) is 0 Å². The number of hydrogen-bond acceptors (Lipinski definition) is 2. The monoisotopic (exact) mass is 259 g/mol. The lowest BCUT2D eigenvalue weighted by atomic mass is 9.84. The Morgan fingerprint density at radius 1 is 1.16 bits per heavy atom. The van der Waals surface area contributed by atoms with Crippen LogP contribution in [0.5, 0.6) is 0 Å². The second kappa shape index (κ2) is 7.44. The molecule has 0 heterocycles. The third kappa shape index (κ3) is 4.79. The van der Waals surface area contributed by atoms with Gasteiger partial charge in [-0.05, 0) is 49.8 Å². The molecule has 0 amide bonds. The molecule has 2 nitrogen and oxygen atoms in total. The summed E-state index contributed by atoms with van der Waals surface area (Å²) in [6.45, 7) is 2.98. The SMILES string of the molecule is CC(=O)CNCCc1ccc(C2CCCCC2)cc1. The van der Waals surface area contributed by atoms with Crippen LogP contribution in [0.3, 0.4) is 0 Å². The van der Waals surface area contributed by atoms with Crippen LogP contribution >= 0.6 is 0 Å². The quantitative estimate of drug-likeness (QED) is 0.793. The summed E-state index contributed by atoms with van der Waals surface area (Å²) in [4.78, 5) is 10.8. The minimum Gasteiger partial charge on any atom is -0.310 e. The molecule has 2 heteroatoms. The summed E-state index contributed by atoms with van der Waals surface area (Å²) < 4.78 is 0. The molecule has 0 bridgehead atoms. The van der Waals surface area contributed by atoms with Crippen molar-refractivity contribution in [2.24, 2.45) is 0 Å². The highest BCUT2D eigenvalue weighted by Gasteiger charge is 2.14. The van der Waals surface area contributed by atoms with Gasteiger partial charge >= 0.3 is 0 Å². The Morgan fingerprint density at radius 2 is 1.84 bits per heavy atom. The summed E-state index contributed by atoms with van der Waals surface area (Å²) in [6, 6.07) is 9.10. The van der Waals surface area contributed by atoms with Crippen molar-refractivity contribution in [3.05, 3.63) is 35.4 Å². The lowest BCUT2D eigenvalue weighted by molar-refractivity contribution is -0.116. The van der Waals surface area contributed by atoms with E-state index >= 15 is 0 Å². The second-order valence-electron chi connectivity index (χ2n) is 5.71. The topological polar surface area (TPSA) is 29.1 Å². The summed E-state index contributed by atoms with van der Waals surface area (Å²) in [6.07, 6.45) is 7.91. The van der Waals surface area contributed by atoms with Gasteiger partial charge in [-0.1, -0.05) is 43.5 Å². The van der Waals surface area contributed by atoms with Crippen molar-refractivity contribution in [2.45, 2.75) is 51.4 Å².